The molecule has 0 radical (unpaired) electrons. The number of hydrogen-bond acceptors (Lipinski definition) is 3. The van der Waals surface area contributed by atoms with E-state index in [4.69, 9.17) is 0 Å². The van der Waals surface area contributed by atoms with Crippen molar-refractivity contribution in [2.24, 2.45) is 0 Å². The van der Waals surface area contributed by atoms with Crippen LogP contribution in [0.5, 0.6) is 0 Å². The summed E-state index contributed by atoms with van der Waals surface area (Å²) in [6.45, 7) is 9.09. The zero-order valence-electron chi connectivity index (χ0n) is 12.0. The third-order valence-corrected chi connectivity index (χ3v) is 3.06. The van der Waals surface area contributed by atoms with Crippen LogP contribution in [0, 0.1) is 0 Å². The topological polar surface area (TPSA) is 47.7 Å². The largest absolute Gasteiger partial charge is 0.307 e. The van der Waals surface area contributed by atoms with E-state index < -0.39 is 0 Å². The van der Waals surface area contributed by atoms with Crippen molar-refractivity contribution in [3.8, 4) is 0 Å². The summed E-state index contributed by atoms with van der Waals surface area (Å²) in [5.41, 5.74) is 2.45. The summed E-state index contributed by atoms with van der Waals surface area (Å²) < 4.78 is 4.04. The van der Waals surface area contributed by atoms with Crippen LogP contribution in [0.3, 0.4) is 0 Å². The lowest BCUT2D eigenvalue weighted by molar-refractivity contribution is 0.530. The minimum absolute atomic E-state index is 0.416. The lowest BCUT2D eigenvalue weighted by Gasteiger charge is -2.07. The second kappa shape index (κ2) is 6.52. The van der Waals surface area contributed by atoms with E-state index >= 15 is 0 Å². The molecular formula is C14H23N5. The molecule has 0 fully saturated rings. The van der Waals surface area contributed by atoms with E-state index in [1.165, 1.54) is 11.3 Å². The van der Waals surface area contributed by atoms with E-state index in [0.717, 1.165) is 26.1 Å². The van der Waals surface area contributed by atoms with Crippen molar-refractivity contribution in [3.63, 3.8) is 0 Å². The van der Waals surface area contributed by atoms with Crippen LogP contribution < -0.4 is 5.32 Å². The van der Waals surface area contributed by atoms with Crippen LogP contribution in [-0.2, 0) is 19.6 Å². The molecule has 2 aromatic rings. The van der Waals surface area contributed by atoms with E-state index in [1.54, 1.807) is 0 Å². The summed E-state index contributed by atoms with van der Waals surface area (Å²) >= 11 is 0. The molecule has 0 saturated carbocycles. The normalized spacial score (nSPS) is 11.4. The summed E-state index contributed by atoms with van der Waals surface area (Å²) in [4.78, 5) is 0. The molecule has 0 bridgehead atoms. The number of nitrogens with one attached hydrogen (secondary N) is 1. The van der Waals surface area contributed by atoms with E-state index in [9.17, 15) is 0 Å². The molecule has 0 aliphatic rings. The van der Waals surface area contributed by atoms with Crippen LogP contribution in [-0.4, -0.2) is 19.6 Å². The SMILES string of the molecule is CCCn1nccc1CNCc1cnn(C(C)C)c1. The first-order valence-corrected chi connectivity index (χ1v) is 6.95. The van der Waals surface area contributed by atoms with Crippen LogP contribution in [0.15, 0.2) is 24.7 Å². The van der Waals surface area contributed by atoms with E-state index in [0.29, 0.717) is 6.04 Å². The molecular weight excluding hydrogens is 238 g/mol. The maximum Gasteiger partial charge on any atom is 0.0534 e. The lowest BCUT2D eigenvalue weighted by atomic mass is 10.3. The average Bonchev–Trinajstić information content (AvgIpc) is 3.00. The molecule has 104 valence electrons. The second-order valence-corrected chi connectivity index (χ2v) is 5.07. The van der Waals surface area contributed by atoms with Gasteiger partial charge in [-0.2, -0.15) is 10.2 Å². The van der Waals surface area contributed by atoms with Gasteiger partial charge in [-0.05, 0) is 26.3 Å². The summed E-state index contributed by atoms with van der Waals surface area (Å²) in [7, 11) is 0. The Morgan fingerprint density at radius 3 is 2.79 bits per heavy atom. The number of nitrogens with zero attached hydrogens (tertiary/aromatic N) is 4. The Morgan fingerprint density at radius 2 is 2.11 bits per heavy atom. The number of aromatic nitrogens is 4. The van der Waals surface area contributed by atoms with Crippen LogP contribution >= 0.6 is 0 Å². The zero-order chi connectivity index (χ0) is 13.7. The van der Waals surface area contributed by atoms with Gasteiger partial charge in [-0.3, -0.25) is 9.36 Å². The first-order chi connectivity index (χ1) is 9.20. The Kier molecular flexibility index (Phi) is 4.74. The van der Waals surface area contributed by atoms with Gasteiger partial charge in [0, 0.05) is 43.6 Å². The van der Waals surface area contributed by atoms with Crippen molar-refractivity contribution in [2.45, 2.75) is 52.9 Å². The summed E-state index contributed by atoms with van der Waals surface area (Å²) in [5, 5.41) is 12.1. The van der Waals surface area contributed by atoms with Gasteiger partial charge in [-0.15, -0.1) is 0 Å². The molecule has 0 aliphatic carbocycles. The Balaban J connectivity index is 1.83. The predicted molar refractivity (Wildman–Crippen MR) is 75.7 cm³/mol. The molecule has 5 heteroatoms. The Hall–Kier alpha value is -1.62. The van der Waals surface area contributed by atoms with Crippen molar-refractivity contribution in [1.29, 1.82) is 0 Å². The first-order valence-electron chi connectivity index (χ1n) is 6.95. The van der Waals surface area contributed by atoms with Crippen LogP contribution in [0.4, 0.5) is 0 Å². The Bertz CT molecular complexity index is 497. The third kappa shape index (κ3) is 3.67. The minimum atomic E-state index is 0.416. The van der Waals surface area contributed by atoms with Gasteiger partial charge >= 0.3 is 0 Å². The summed E-state index contributed by atoms with van der Waals surface area (Å²) in [6, 6.07) is 2.49. The van der Waals surface area contributed by atoms with Gasteiger partial charge in [0.2, 0.25) is 0 Å². The van der Waals surface area contributed by atoms with Gasteiger partial charge < -0.3 is 5.32 Å². The number of hydrogen-bond donors (Lipinski definition) is 1. The van der Waals surface area contributed by atoms with E-state index in [1.807, 2.05) is 17.1 Å². The van der Waals surface area contributed by atoms with E-state index in [-0.39, 0.29) is 0 Å². The second-order valence-electron chi connectivity index (χ2n) is 5.07. The maximum absolute atomic E-state index is 4.34. The fourth-order valence-electron chi connectivity index (χ4n) is 2.01. The number of rotatable bonds is 7. The Labute approximate surface area is 114 Å². The molecule has 19 heavy (non-hydrogen) atoms. The first kappa shape index (κ1) is 13.8. The maximum atomic E-state index is 4.34. The highest BCUT2D eigenvalue weighted by Gasteiger charge is 2.03. The van der Waals surface area contributed by atoms with Gasteiger partial charge in [0.25, 0.3) is 0 Å². The third-order valence-electron chi connectivity index (χ3n) is 3.06. The molecule has 0 atom stereocenters. The molecule has 2 heterocycles. The molecule has 0 saturated heterocycles. The van der Waals surface area contributed by atoms with Crippen molar-refractivity contribution in [1.82, 2.24) is 24.9 Å². The van der Waals surface area contributed by atoms with Crippen molar-refractivity contribution in [2.75, 3.05) is 0 Å². The minimum Gasteiger partial charge on any atom is -0.307 e. The Morgan fingerprint density at radius 1 is 1.26 bits per heavy atom. The van der Waals surface area contributed by atoms with Crippen LogP contribution in [0.25, 0.3) is 0 Å². The molecule has 0 aliphatic heterocycles. The van der Waals surface area contributed by atoms with Crippen molar-refractivity contribution in [3.05, 3.63) is 35.9 Å². The molecule has 0 spiro atoms. The standard InChI is InChI=1S/C14H23N5/c1-4-7-18-14(5-6-16-18)10-15-8-13-9-17-19(11-13)12(2)3/h5-6,9,11-12,15H,4,7-8,10H2,1-3H3. The molecule has 0 unspecified atom stereocenters. The predicted octanol–water partition coefficient (Wildman–Crippen LogP) is 2.36. The summed E-state index contributed by atoms with van der Waals surface area (Å²) in [5.74, 6) is 0. The zero-order valence-corrected chi connectivity index (χ0v) is 12.0. The summed E-state index contributed by atoms with van der Waals surface area (Å²) in [6.07, 6.45) is 7.00. The molecule has 5 nitrogen and oxygen atoms in total. The lowest BCUT2D eigenvalue weighted by Crippen LogP contribution is -2.16. The smallest absolute Gasteiger partial charge is 0.0534 e. The molecule has 2 rings (SSSR count). The van der Waals surface area contributed by atoms with Gasteiger partial charge in [-0.25, -0.2) is 0 Å². The monoisotopic (exact) mass is 261 g/mol. The highest BCUT2D eigenvalue weighted by molar-refractivity contribution is 5.05. The highest BCUT2D eigenvalue weighted by Crippen LogP contribution is 2.06. The van der Waals surface area contributed by atoms with Gasteiger partial charge in [0.15, 0.2) is 0 Å². The quantitative estimate of drug-likeness (QED) is 0.832. The fraction of sp³-hybridized carbons (Fsp3) is 0.571. The highest BCUT2D eigenvalue weighted by atomic mass is 15.3. The van der Waals surface area contributed by atoms with Gasteiger partial charge in [0.05, 0.1) is 11.9 Å². The van der Waals surface area contributed by atoms with Gasteiger partial charge in [-0.1, -0.05) is 6.92 Å². The average molecular weight is 261 g/mol. The van der Waals surface area contributed by atoms with Crippen LogP contribution in [0.1, 0.15) is 44.5 Å². The van der Waals surface area contributed by atoms with Gasteiger partial charge in [0.1, 0.15) is 0 Å². The molecule has 1 N–H and O–H groups in total. The number of aryl methyl sites for hydroxylation is 1. The van der Waals surface area contributed by atoms with E-state index in [2.05, 4.69) is 53.2 Å². The van der Waals surface area contributed by atoms with Crippen LogP contribution in [0.2, 0.25) is 0 Å². The van der Waals surface area contributed by atoms with Crippen molar-refractivity contribution < 1.29 is 0 Å². The van der Waals surface area contributed by atoms with Crippen molar-refractivity contribution >= 4 is 0 Å². The molecule has 2 aromatic heterocycles. The molecule has 0 aromatic carbocycles. The fourth-order valence-corrected chi connectivity index (χ4v) is 2.01. The molecule has 0 amide bonds.